The molecule has 0 saturated carbocycles. The predicted octanol–water partition coefficient (Wildman–Crippen LogP) is 2.42. The van der Waals surface area contributed by atoms with Crippen LogP contribution in [-0.4, -0.2) is 27.1 Å². The number of rotatable bonds is 3. The fraction of sp³-hybridized carbons (Fsp3) is 0.214. The van der Waals surface area contributed by atoms with Crippen molar-refractivity contribution in [3.05, 3.63) is 52.3 Å². The maximum absolute atomic E-state index is 11.8. The van der Waals surface area contributed by atoms with Crippen LogP contribution in [-0.2, 0) is 15.0 Å². The molecule has 0 radical (unpaired) electrons. The van der Waals surface area contributed by atoms with E-state index < -0.39 is 17.4 Å². The van der Waals surface area contributed by atoms with Gasteiger partial charge >= 0.3 is 11.9 Å². The highest BCUT2D eigenvalue weighted by Gasteiger charge is 2.43. The van der Waals surface area contributed by atoms with Gasteiger partial charge in [-0.2, -0.15) is 0 Å². The lowest BCUT2D eigenvalue weighted by Crippen LogP contribution is -2.38. The Morgan fingerprint density at radius 1 is 1.35 bits per heavy atom. The molecule has 0 aliphatic heterocycles. The number of halogens is 1. The lowest BCUT2D eigenvalue weighted by Gasteiger charge is -2.29. The van der Waals surface area contributed by atoms with Gasteiger partial charge in [0.15, 0.2) is 0 Å². The molecule has 1 aromatic rings. The minimum absolute atomic E-state index is 0.0363. The Morgan fingerprint density at radius 3 is 2.60 bits per heavy atom. The van der Waals surface area contributed by atoms with Gasteiger partial charge in [-0.3, -0.25) is 4.79 Å². The number of aromatic nitrogens is 1. The minimum atomic E-state index is -1.50. The summed E-state index contributed by atoms with van der Waals surface area (Å²) in [5.41, 5.74) is -0.673. The van der Waals surface area contributed by atoms with E-state index in [2.05, 4.69) is 4.98 Å². The molecule has 0 aromatic carbocycles. The van der Waals surface area contributed by atoms with E-state index in [1.807, 2.05) is 0 Å². The van der Waals surface area contributed by atoms with Gasteiger partial charge < -0.3 is 10.2 Å². The van der Waals surface area contributed by atoms with Crippen molar-refractivity contribution in [1.29, 1.82) is 0 Å². The summed E-state index contributed by atoms with van der Waals surface area (Å²) in [5, 5.41) is 18.9. The summed E-state index contributed by atoms with van der Waals surface area (Å²) < 4.78 is 0. The minimum Gasteiger partial charge on any atom is -0.480 e. The van der Waals surface area contributed by atoms with Gasteiger partial charge in [-0.05, 0) is 25.1 Å². The summed E-state index contributed by atoms with van der Waals surface area (Å²) in [6.45, 7) is 1.66. The van der Waals surface area contributed by atoms with Crippen LogP contribution in [0.4, 0.5) is 0 Å². The van der Waals surface area contributed by atoms with Crippen LogP contribution in [0.5, 0.6) is 0 Å². The van der Waals surface area contributed by atoms with Crippen LogP contribution < -0.4 is 0 Å². The Kier molecular flexibility index (Phi) is 3.63. The highest BCUT2D eigenvalue weighted by Crippen LogP contribution is 2.37. The van der Waals surface area contributed by atoms with Crippen LogP contribution in [0.15, 0.2) is 41.5 Å². The van der Waals surface area contributed by atoms with Crippen LogP contribution >= 0.6 is 11.6 Å². The second-order valence-electron chi connectivity index (χ2n) is 4.66. The van der Waals surface area contributed by atoms with E-state index in [4.69, 9.17) is 16.7 Å². The Morgan fingerprint density at radius 2 is 2.05 bits per heavy atom. The number of carboxylic acids is 2. The number of allylic oxidation sites excluding steroid dienone is 2. The quantitative estimate of drug-likeness (QED) is 0.836. The molecule has 0 spiro atoms. The van der Waals surface area contributed by atoms with Gasteiger partial charge in [0.2, 0.25) is 0 Å². The monoisotopic (exact) mass is 293 g/mol. The summed E-state index contributed by atoms with van der Waals surface area (Å²) in [7, 11) is 0. The molecule has 5 nitrogen and oxygen atoms in total. The lowest BCUT2D eigenvalue weighted by molar-refractivity contribution is -0.142. The number of nitrogens with zero attached hydrogens (tertiary/aromatic N) is 1. The van der Waals surface area contributed by atoms with Crippen LogP contribution in [0, 0.1) is 0 Å². The smallest absolute Gasteiger partial charge is 0.331 e. The molecule has 1 aliphatic rings. The van der Waals surface area contributed by atoms with E-state index in [0.29, 0.717) is 5.57 Å². The molecule has 1 heterocycles. The molecule has 2 N–H and O–H groups in total. The number of carboxylic acid groups (broad SMARTS) is 2. The molecule has 0 amide bonds. The molecule has 1 atom stereocenters. The molecule has 1 aliphatic carbocycles. The third kappa shape index (κ3) is 2.44. The Labute approximate surface area is 120 Å². The van der Waals surface area contributed by atoms with E-state index in [0.717, 1.165) is 0 Å². The molecule has 6 heteroatoms. The number of carbonyl (C=O) groups is 2. The van der Waals surface area contributed by atoms with Gasteiger partial charge in [-0.25, -0.2) is 9.78 Å². The van der Waals surface area contributed by atoms with Gasteiger partial charge in [0.25, 0.3) is 0 Å². The standard InChI is InChI=1S/C14H12ClNO4/c1-8-5-9(12(17)18)7-14(6-8,13(19)20)10-3-2-4-11(15)16-10/h2-6H,7H2,1H3,(H,17,18)(H,19,20). The van der Waals surface area contributed by atoms with Crippen molar-refractivity contribution in [2.75, 3.05) is 0 Å². The van der Waals surface area contributed by atoms with Crippen molar-refractivity contribution in [1.82, 2.24) is 4.98 Å². The molecule has 0 bridgehead atoms. The fourth-order valence-corrected chi connectivity index (χ4v) is 2.48. The van der Waals surface area contributed by atoms with Crippen molar-refractivity contribution in [3.63, 3.8) is 0 Å². The summed E-state index contributed by atoms with van der Waals surface area (Å²) in [6, 6.07) is 4.67. The molecule has 20 heavy (non-hydrogen) atoms. The molecule has 1 unspecified atom stereocenters. The molecular formula is C14H12ClNO4. The average molecular weight is 294 g/mol. The van der Waals surface area contributed by atoms with Crippen LogP contribution in [0.25, 0.3) is 0 Å². The molecule has 1 aromatic heterocycles. The van der Waals surface area contributed by atoms with Crippen molar-refractivity contribution >= 4 is 23.5 Å². The normalized spacial score (nSPS) is 21.9. The molecule has 0 fully saturated rings. The van der Waals surface area contributed by atoms with E-state index in [1.54, 1.807) is 13.0 Å². The van der Waals surface area contributed by atoms with Gasteiger partial charge in [-0.15, -0.1) is 0 Å². The third-order valence-electron chi connectivity index (χ3n) is 3.17. The molecular weight excluding hydrogens is 282 g/mol. The maximum Gasteiger partial charge on any atom is 0.331 e. The van der Waals surface area contributed by atoms with E-state index in [1.165, 1.54) is 24.3 Å². The molecule has 104 valence electrons. The Hall–Kier alpha value is -2.14. The summed E-state index contributed by atoms with van der Waals surface area (Å²) in [6.07, 6.45) is 2.82. The Bertz CT molecular complexity index is 650. The number of hydrogen-bond donors (Lipinski definition) is 2. The van der Waals surface area contributed by atoms with Crippen LogP contribution in [0.1, 0.15) is 19.0 Å². The second-order valence-corrected chi connectivity index (χ2v) is 5.05. The van der Waals surface area contributed by atoms with Crippen LogP contribution in [0.2, 0.25) is 5.15 Å². The Balaban J connectivity index is 2.61. The fourth-order valence-electron chi connectivity index (χ4n) is 2.31. The zero-order valence-corrected chi connectivity index (χ0v) is 11.4. The van der Waals surface area contributed by atoms with Gasteiger partial charge in [0.1, 0.15) is 10.6 Å². The first-order valence-corrected chi connectivity index (χ1v) is 6.23. The van der Waals surface area contributed by atoms with E-state index in [-0.39, 0.29) is 22.8 Å². The van der Waals surface area contributed by atoms with E-state index in [9.17, 15) is 14.7 Å². The SMILES string of the molecule is CC1=CC(C(=O)O)(c2cccc(Cl)n2)CC(C(=O)O)=C1. The van der Waals surface area contributed by atoms with Crippen LogP contribution in [0.3, 0.4) is 0 Å². The second kappa shape index (κ2) is 5.09. The highest BCUT2D eigenvalue weighted by atomic mass is 35.5. The third-order valence-corrected chi connectivity index (χ3v) is 3.38. The average Bonchev–Trinajstić information content (AvgIpc) is 2.37. The van der Waals surface area contributed by atoms with Crippen molar-refractivity contribution in [2.24, 2.45) is 0 Å². The topological polar surface area (TPSA) is 87.5 Å². The zero-order chi connectivity index (χ0) is 14.9. The molecule has 0 saturated heterocycles. The lowest BCUT2D eigenvalue weighted by atomic mass is 9.73. The maximum atomic E-state index is 11.8. The van der Waals surface area contributed by atoms with Gasteiger partial charge in [0.05, 0.1) is 5.69 Å². The van der Waals surface area contributed by atoms with E-state index >= 15 is 0 Å². The van der Waals surface area contributed by atoms with Gasteiger partial charge in [-0.1, -0.05) is 29.3 Å². The zero-order valence-electron chi connectivity index (χ0n) is 10.6. The highest BCUT2D eigenvalue weighted by molar-refractivity contribution is 6.29. The van der Waals surface area contributed by atoms with Crippen molar-refractivity contribution in [2.45, 2.75) is 18.8 Å². The van der Waals surface area contributed by atoms with Crippen molar-refractivity contribution < 1.29 is 19.8 Å². The first-order valence-electron chi connectivity index (χ1n) is 5.85. The molecule has 2 rings (SSSR count). The number of aliphatic carboxylic acids is 2. The largest absolute Gasteiger partial charge is 0.480 e. The van der Waals surface area contributed by atoms with Crippen molar-refractivity contribution in [3.8, 4) is 0 Å². The number of pyridine rings is 1. The first kappa shape index (κ1) is 14.3. The van der Waals surface area contributed by atoms with Gasteiger partial charge in [0, 0.05) is 12.0 Å². The summed E-state index contributed by atoms with van der Waals surface area (Å²) in [4.78, 5) is 27.0. The first-order chi connectivity index (χ1) is 9.35. The summed E-state index contributed by atoms with van der Waals surface area (Å²) >= 11 is 5.81. The predicted molar refractivity (Wildman–Crippen MR) is 72.7 cm³/mol. The number of hydrogen-bond acceptors (Lipinski definition) is 3. The summed E-state index contributed by atoms with van der Waals surface area (Å²) in [5.74, 6) is -2.29.